The van der Waals surface area contributed by atoms with Crippen molar-refractivity contribution >= 4 is 12.4 Å². The highest BCUT2D eigenvalue weighted by Crippen LogP contribution is 2.24. The quantitative estimate of drug-likeness (QED) is 0.920. The fraction of sp³-hybridized carbons (Fsp3) is 0.385. The topological polar surface area (TPSA) is 51.0 Å². The SMILES string of the molecule is Cc1ccc(-c2noc([C@@H]3CCCN3)n2)cc1F.Cl. The van der Waals surface area contributed by atoms with Gasteiger partial charge in [-0.25, -0.2) is 4.39 Å². The molecule has 1 aliphatic heterocycles. The Kier molecular flexibility index (Phi) is 4.17. The van der Waals surface area contributed by atoms with Crippen molar-refractivity contribution in [3.8, 4) is 11.4 Å². The maximum absolute atomic E-state index is 13.5. The molecule has 4 nitrogen and oxygen atoms in total. The van der Waals surface area contributed by atoms with E-state index in [0.29, 0.717) is 22.8 Å². The lowest BCUT2D eigenvalue weighted by Gasteiger charge is -2.01. The van der Waals surface area contributed by atoms with Gasteiger partial charge < -0.3 is 9.84 Å². The number of benzene rings is 1. The van der Waals surface area contributed by atoms with Crippen molar-refractivity contribution in [3.05, 3.63) is 35.5 Å². The van der Waals surface area contributed by atoms with Crippen LogP contribution in [0.2, 0.25) is 0 Å². The average molecular weight is 284 g/mol. The average Bonchev–Trinajstić information content (AvgIpc) is 3.01. The summed E-state index contributed by atoms with van der Waals surface area (Å²) in [5.41, 5.74) is 1.26. The molecule has 1 N–H and O–H groups in total. The number of hydrogen-bond donors (Lipinski definition) is 1. The highest BCUT2D eigenvalue weighted by molar-refractivity contribution is 5.85. The Labute approximate surface area is 116 Å². The molecule has 0 bridgehead atoms. The van der Waals surface area contributed by atoms with Crippen molar-refractivity contribution < 1.29 is 8.91 Å². The van der Waals surface area contributed by atoms with Crippen molar-refractivity contribution in [2.24, 2.45) is 0 Å². The van der Waals surface area contributed by atoms with Gasteiger partial charge in [-0.3, -0.25) is 0 Å². The van der Waals surface area contributed by atoms with Gasteiger partial charge in [-0.1, -0.05) is 17.3 Å². The van der Waals surface area contributed by atoms with E-state index >= 15 is 0 Å². The summed E-state index contributed by atoms with van der Waals surface area (Å²) in [6.07, 6.45) is 2.12. The molecule has 0 saturated carbocycles. The standard InChI is InChI=1S/C13H14FN3O.ClH/c1-8-4-5-9(7-10(8)14)12-16-13(18-17-12)11-3-2-6-15-11;/h4-5,7,11,15H,2-3,6H2,1H3;1H/t11-;/m0./s1. The summed E-state index contributed by atoms with van der Waals surface area (Å²) in [6, 6.07) is 5.09. The summed E-state index contributed by atoms with van der Waals surface area (Å²) in [4.78, 5) is 4.33. The summed E-state index contributed by atoms with van der Waals surface area (Å²) in [5.74, 6) is 0.777. The monoisotopic (exact) mass is 283 g/mol. The molecule has 2 aromatic rings. The van der Waals surface area contributed by atoms with Gasteiger partial charge in [0.2, 0.25) is 11.7 Å². The molecular formula is C13H15ClFN3O. The summed E-state index contributed by atoms with van der Waals surface area (Å²) in [7, 11) is 0. The minimum Gasteiger partial charge on any atom is -0.337 e. The van der Waals surface area contributed by atoms with Crippen LogP contribution >= 0.6 is 12.4 Å². The first-order chi connectivity index (χ1) is 8.74. The van der Waals surface area contributed by atoms with Crippen LogP contribution in [0.25, 0.3) is 11.4 Å². The molecule has 1 atom stereocenters. The van der Waals surface area contributed by atoms with Gasteiger partial charge in [0.25, 0.3) is 0 Å². The van der Waals surface area contributed by atoms with Crippen LogP contribution in [0.1, 0.15) is 30.3 Å². The van der Waals surface area contributed by atoms with Gasteiger partial charge in [0, 0.05) is 5.56 Å². The van der Waals surface area contributed by atoms with Gasteiger partial charge >= 0.3 is 0 Å². The van der Waals surface area contributed by atoms with Gasteiger partial charge in [0.05, 0.1) is 6.04 Å². The minimum atomic E-state index is -0.252. The van der Waals surface area contributed by atoms with Crippen molar-refractivity contribution in [1.29, 1.82) is 0 Å². The maximum Gasteiger partial charge on any atom is 0.244 e. The van der Waals surface area contributed by atoms with E-state index < -0.39 is 0 Å². The zero-order valence-electron chi connectivity index (χ0n) is 10.5. The largest absolute Gasteiger partial charge is 0.337 e. The van der Waals surface area contributed by atoms with E-state index in [0.717, 1.165) is 19.4 Å². The minimum absolute atomic E-state index is 0. The zero-order valence-corrected chi connectivity index (χ0v) is 11.3. The summed E-state index contributed by atoms with van der Waals surface area (Å²) in [6.45, 7) is 2.70. The molecule has 1 saturated heterocycles. The van der Waals surface area contributed by atoms with Crippen LogP contribution in [0.4, 0.5) is 4.39 Å². The normalized spacial score (nSPS) is 18.3. The van der Waals surface area contributed by atoms with E-state index in [1.54, 1.807) is 19.1 Å². The fourth-order valence-corrected chi connectivity index (χ4v) is 2.12. The van der Waals surface area contributed by atoms with E-state index in [-0.39, 0.29) is 24.3 Å². The number of rotatable bonds is 2. The predicted molar refractivity (Wildman–Crippen MR) is 71.7 cm³/mol. The molecule has 102 valence electrons. The smallest absolute Gasteiger partial charge is 0.244 e. The molecule has 0 aliphatic carbocycles. The summed E-state index contributed by atoms with van der Waals surface area (Å²) in [5, 5.41) is 7.20. The fourth-order valence-electron chi connectivity index (χ4n) is 2.12. The molecule has 1 aromatic carbocycles. The third kappa shape index (κ3) is 2.77. The Morgan fingerprint density at radius 2 is 2.26 bits per heavy atom. The lowest BCUT2D eigenvalue weighted by molar-refractivity contribution is 0.345. The summed E-state index contributed by atoms with van der Waals surface area (Å²) < 4.78 is 18.7. The molecule has 3 rings (SSSR count). The second-order valence-electron chi connectivity index (χ2n) is 4.57. The Bertz CT molecular complexity index is 567. The van der Waals surface area contributed by atoms with E-state index in [2.05, 4.69) is 15.5 Å². The first kappa shape index (κ1) is 14.0. The van der Waals surface area contributed by atoms with E-state index in [4.69, 9.17) is 4.52 Å². The van der Waals surface area contributed by atoms with Crippen LogP contribution in [0.15, 0.2) is 22.7 Å². The van der Waals surface area contributed by atoms with E-state index in [1.807, 2.05) is 0 Å². The molecule has 0 unspecified atom stereocenters. The van der Waals surface area contributed by atoms with Crippen molar-refractivity contribution in [1.82, 2.24) is 15.5 Å². The first-order valence-corrected chi connectivity index (χ1v) is 6.07. The molecule has 2 heterocycles. The van der Waals surface area contributed by atoms with Crippen LogP contribution in [0.5, 0.6) is 0 Å². The lowest BCUT2D eigenvalue weighted by atomic mass is 10.1. The molecule has 1 aromatic heterocycles. The third-order valence-electron chi connectivity index (χ3n) is 3.23. The van der Waals surface area contributed by atoms with Crippen molar-refractivity contribution in [3.63, 3.8) is 0 Å². The predicted octanol–water partition coefficient (Wildman–Crippen LogP) is 3.03. The van der Waals surface area contributed by atoms with Crippen molar-refractivity contribution in [2.45, 2.75) is 25.8 Å². The molecule has 1 fully saturated rings. The van der Waals surface area contributed by atoms with E-state index in [9.17, 15) is 4.39 Å². The Hall–Kier alpha value is -1.46. The lowest BCUT2D eigenvalue weighted by Crippen LogP contribution is -2.12. The van der Waals surface area contributed by atoms with Gasteiger partial charge in [-0.05, 0) is 37.9 Å². The van der Waals surface area contributed by atoms with Gasteiger partial charge in [-0.15, -0.1) is 12.4 Å². The number of halogens is 2. The molecule has 0 spiro atoms. The first-order valence-electron chi connectivity index (χ1n) is 6.07. The zero-order chi connectivity index (χ0) is 12.5. The molecule has 1 aliphatic rings. The number of nitrogens with zero attached hydrogens (tertiary/aromatic N) is 2. The van der Waals surface area contributed by atoms with Gasteiger partial charge in [0.1, 0.15) is 5.82 Å². The maximum atomic E-state index is 13.5. The second-order valence-corrected chi connectivity index (χ2v) is 4.57. The molecule has 6 heteroatoms. The molecule has 19 heavy (non-hydrogen) atoms. The van der Waals surface area contributed by atoms with Gasteiger partial charge in [-0.2, -0.15) is 4.98 Å². The number of aryl methyl sites for hydroxylation is 1. The molecule has 0 radical (unpaired) electrons. The van der Waals surface area contributed by atoms with Gasteiger partial charge in [0.15, 0.2) is 0 Å². The van der Waals surface area contributed by atoms with Crippen LogP contribution in [0, 0.1) is 12.7 Å². The number of hydrogen-bond acceptors (Lipinski definition) is 4. The highest BCUT2D eigenvalue weighted by Gasteiger charge is 2.22. The van der Waals surface area contributed by atoms with E-state index in [1.165, 1.54) is 6.07 Å². The van der Waals surface area contributed by atoms with Crippen molar-refractivity contribution in [2.75, 3.05) is 6.54 Å². The number of aromatic nitrogens is 2. The Morgan fingerprint density at radius 1 is 1.42 bits per heavy atom. The van der Waals surface area contributed by atoms with Crippen LogP contribution in [0.3, 0.4) is 0 Å². The second kappa shape index (κ2) is 5.67. The Morgan fingerprint density at radius 3 is 2.95 bits per heavy atom. The number of nitrogens with one attached hydrogen (secondary N) is 1. The summed E-state index contributed by atoms with van der Waals surface area (Å²) >= 11 is 0. The molecule has 0 amide bonds. The highest BCUT2D eigenvalue weighted by atomic mass is 35.5. The molecular weight excluding hydrogens is 269 g/mol. The van der Waals surface area contributed by atoms with Crippen LogP contribution < -0.4 is 5.32 Å². The third-order valence-corrected chi connectivity index (χ3v) is 3.23. The van der Waals surface area contributed by atoms with Crippen LogP contribution in [-0.2, 0) is 0 Å². The Balaban J connectivity index is 0.00000133. The van der Waals surface area contributed by atoms with Crippen LogP contribution in [-0.4, -0.2) is 16.7 Å².